The van der Waals surface area contributed by atoms with Gasteiger partial charge in [0.05, 0.1) is 23.6 Å². The zero-order valence-electron chi connectivity index (χ0n) is 16.6. The van der Waals surface area contributed by atoms with Gasteiger partial charge in [-0.1, -0.05) is 0 Å². The number of sulfone groups is 1. The molecule has 0 spiro atoms. The molecular weight excluding hydrogens is 351 g/mol. The first kappa shape index (κ1) is 19.7. The Hall–Kier alpha value is -1.05. The van der Waals surface area contributed by atoms with Crippen LogP contribution in [0, 0.1) is 6.92 Å². The summed E-state index contributed by atoms with van der Waals surface area (Å²) in [6.45, 7) is 10.7. The quantitative estimate of drug-likeness (QED) is 0.559. The highest BCUT2D eigenvalue weighted by molar-refractivity contribution is 7.90. The number of benzene rings is 1. The van der Waals surface area contributed by atoms with E-state index in [1.54, 1.807) is 0 Å². The summed E-state index contributed by atoms with van der Waals surface area (Å²) in [5, 5.41) is 0. The van der Waals surface area contributed by atoms with Crippen molar-refractivity contribution >= 4 is 22.4 Å². The Morgan fingerprint density at radius 3 is 2.19 bits per heavy atom. The van der Waals surface area contributed by atoms with E-state index in [2.05, 4.69) is 34.6 Å². The van der Waals surface area contributed by atoms with Crippen LogP contribution in [0.3, 0.4) is 0 Å². The van der Waals surface area contributed by atoms with Crippen LogP contribution in [0.2, 0.25) is 0 Å². The topological polar surface area (TPSA) is 61.8 Å². The predicted molar refractivity (Wildman–Crippen MR) is 104 cm³/mol. The smallest absolute Gasteiger partial charge is 0.493 e. The lowest BCUT2D eigenvalue weighted by Crippen LogP contribution is -2.41. The van der Waals surface area contributed by atoms with E-state index in [9.17, 15) is 8.42 Å². The van der Waals surface area contributed by atoms with Crippen molar-refractivity contribution in [3.63, 3.8) is 0 Å². The standard InChI is InChI=1S/C19H29BO5S/c1-13-12-16(23-10-7-11-26(6,21)22)14-8-9-15(14)17(13)20-24-18(2,3)19(4,5)25-20/h12H,7-11H2,1-6H3. The Labute approximate surface area is 157 Å². The molecule has 1 fully saturated rings. The molecule has 3 rings (SSSR count). The summed E-state index contributed by atoms with van der Waals surface area (Å²) in [4.78, 5) is 0. The Balaban J connectivity index is 1.78. The fourth-order valence-corrected chi connectivity index (χ4v) is 4.11. The third-order valence-corrected chi connectivity index (χ3v) is 6.82. The number of rotatable bonds is 6. The number of hydrogen-bond donors (Lipinski definition) is 0. The second kappa shape index (κ2) is 6.53. The number of hydrogen-bond acceptors (Lipinski definition) is 5. The molecule has 0 saturated carbocycles. The number of aryl methyl sites for hydroxylation is 1. The molecule has 1 saturated heterocycles. The average Bonchev–Trinajstić information content (AvgIpc) is 2.65. The fraction of sp³-hybridized carbons (Fsp3) is 0.684. The molecule has 5 nitrogen and oxygen atoms in total. The van der Waals surface area contributed by atoms with Crippen LogP contribution in [0.4, 0.5) is 0 Å². The zero-order chi connectivity index (χ0) is 19.3. The lowest BCUT2D eigenvalue weighted by Gasteiger charge is -2.32. The monoisotopic (exact) mass is 380 g/mol. The molecule has 0 amide bonds. The van der Waals surface area contributed by atoms with Gasteiger partial charge in [0.1, 0.15) is 15.6 Å². The normalized spacial score (nSPS) is 20.6. The first-order valence-electron chi connectivity index (χ1n) is 9.23. The SMILES string of the molecule is Cc1cc(OCCCS(C)(=O)=O)c2c(c1B1OC(C)(C)C(C)(C)O1)CC2. The van der Waals surface area contributed by atoms with Crippen LogP contribution in [0.25, 0.3) is 0 Å². The van der Waals surface area contributed by atoms with Gasteiger partial charge in [-0.15, -0.1) is 0 Å². The molecule has 1 aromatic carbocycles. The summed E-state index contributed by atoms with van der Waals surface area (Å²) in [6, 6.07) is 2.04. The van der Waals surface area contributed by atoms with Crippen molar-refractivity contribution in [3.05, 3.63) is 22.8 Å². The van der Waals surface area contributed by atoms with Gasteiger partial charge in [0.2, 0.25) is 0 Å². The molecule has 144 valence electrons. The van der Waals surface area contributed by atoms with Crippen molar-refractivity contribution in [2.24, 2.45) is 0 Å². The van der Waals surface area contributed by atoms with E-state index < -0.39 is 9.84 Å². The third kappa shape index (κ3) is 3.66. The Morgan fingerprint density at radius 2 is 1.69 bits per heavy atom. The maximum absolute atomic E-state index is 11.2. The molecule has 0 bridgehead atoms. The lowest BCUT2D eigenvalue weighted by atomic mass is 9.67. The summed E-state index contributed by atoms with van der Waals surface area (Å²) < 4.78 is 40.9. The second-order valence-corrected chi connectivity index (χ2v) is 10.7. The minimum absolute atomic E-state index is 0.153. The molecule has 1 heterocycles. The van der Waals surface area contributed by atoms with Gasteiger partial charge in [-0.3, -0.25) is 0 Å². The highest BCUT2D eigenvalue weighted by Crippen LogP contribution is 2.39. The molecule has 7 heteroatoms. The van der Waals surface area contributed by atoms with Crippen LogP contribution in [-0.4, -0.2) is 45.4 Å². The molecule has 0 aromatic heterocycles. The molecule has 26 heavy (non-hydrogen) atoms. The van der Waals surface area contributed by atoms with Crippen molar-refractivity contribution in [1.29, 1.82) is 0 Å². The molecule has 1 aliphatic heterocycles. The van der Waals surface area contributed by atoms with E-state index in [0.29, 0.717) is 13.0 Å². The average molecular weight is 380 g/mol. The van der Waals surface area contributed by atoms with E-state index in [-0.39, 0.29) is 24.1 Å². The lowest BCUT2D eigenvalue weighted by molar-refractivity contribution is 0.00578. The van der Waals surface area contributed by atoms with Crippen LogP contribution in [0.15, 0.2) is 6.07 Å². The molecule has 0 N–H and O–H groups in total. The molecular formula is C19H29BO5S. The van der Waals surface area contributed by atoms with E-state index in [4.69, 9.17) is 14.0 Å². The number of fused-ring (bicyclic) bond motifs is 1. The van der Waals surface area contributed by atoms with Crippen molar-refractivity contribution in [3.8, 4) is 5.75 Å². The van der Waals surface area contributed by atoms with Crippen molar-refractivity contribution < 1.29 is 22.5 Å². The first-order valence-corrected chi connectivity index (χ1v) is 11.3. The van der Waals surface area contributed by atoms with E-state index in [0.717, 1.165) is 29.6 Å². The van der Waals surface area contributed by atoms with E-state index in [1.165, 1.54) is 17.4 Å². The maximum atomic E-state index is 11.2. The van der Waals surface area contributed by atoms with Crippen LogP contribution >= 0.6 is 0 Å². The van der Waals surface area contributed by atoms with Crippen LogP contribution in [0.5, 0.6) is 5.75 Å². The van der Waals surface area contributed by atoms with E-state index in [1.807, 2.05) is 6.07 Å². The molecule has 1 aromatic rings. The highest BCUT2D eigenvalue weighted by atomic mass is 32.2. The minimum Gasteiger partial charge on any atom is -0.493 e. The van der Waals surface area contributed by atoms with Crippen molar-refractivity contribution in [2.75, 3.05) is 18.6 Å². The third-order valence-electron chi connectivity index (χ3n) is 5.79. The summed E-state index contributed by atoms with van der Waals surface area (Å²) >= 11 is 0. The molecule has 1 aliphatic carbocycles. The van der Waals surface area contributed by atoms with Gasteiger partial charge in [-0.05, 0) is 82.1 Å². The van der Waals surface area contributed by atoms with E-state index >= 15 is 0 Å². The minimum atomic E-state index is -2.94. The Morgan fingerprint density at radius 1 is 1.12 bits per heavy atom. The molecule has 2 aliphatic rings. The second-order valence-electron chi connectivity index (χ2n) is 8.48. The highest BCUT2D eigenvalue weighted by Gasteiger charge is 2.53. The van der Waals surface area contributed by atoms with Crippen LogP contribution in [-0.2, 0) is 32.0 Å². The fourth-order valence-electron chi connectivity index (χ4n) is 3.46. The van der Waals surface area contributed by atoms with Gasteiger partial charge >= 0.3 is 7.12 Å². The summed E-state index contributed by atoms with van der Waals surface area (Å²) in [5.41, 5.74) is 3.98. The number of ether oxygens (including phenoxy) is 1. The summed E-state index contributed by atoms with van der Waals surface area (Å²) in [6.07, 6.45) is 3.73. The van der Waals surface area contributed by atoms with Gasteiger partial charge in [-0.2, -0.15) is 0 Å². The van der Waals surface area contributed by atoms with Crippen LogP contribution in [0.1, 0.15) is 50.8 Å². The Bertz CT molecular complexity index is 798. The maximum Gasteiger partial charge on any atom is 0.495 e. The largest absolute Gasteiger partial charge is 0.495 e. The van der Waals surface area contributed by atoms with Gasteiger partial charge < -0.3 is 14.0 Å². The summed E-state index contributed by atoms with van der Waals surface area (Å²) in [7, 11) is -3.30. The Kier molecular flexibility index (Phi) is 4.95. The van der Waals surface area contributed by atoms with Gasteiger partial charge in [-0.25, -0.2) is 8.42 Å². The first-order chi connectivity index (χ1) is 11.9. The predicted octanol–water partition coefficient (Wildman–Crippen LogP) is 2.21. The van der Waals surface area contributed by atoms with Crippen molar-refractivity contribution in [2.45, 2.75) is 65.1 Å². The van der Waals surface area contributed by atoms with Crippen molar-refractivity contribution in [1.82, 2.24) is 0 Å². The summed E-state index contributed by atoms with van der Waals surface area (Å²) in [5.74, 6) is 1.03. The molecule has 0 unspecified atom stereocenters. The van der Waals surface area contributed by atoms with Gasteiger partial charge in [0, 0.05) is 6.26 Å². The van der Waals surface area contributed by atoms with Gasteiger partial charge in [0.25, 0.3) is 0 Å². The van der Waals surface area contributed by atoms with Gasteiger partial charge in [0.15, 0.2) is 0 Å². The molecule has 0 radical (unpaired) electrons. The molecule has 0 atom stereocenters. The zero-order valence-corrected chi connectivity index (χ0v) is 17.5. The van der Waals surface area contributed by atoms with Crippen LogP contribution < -0.4 is 10.2 Å².